The summed E-state index contributed by atoms with van der Waals surface area (Å²) in [6.45, 7) is 5.34. The van der Waals surface area contributed by atoms with Crippen molar-refractivity contribution in [3.8, 4) is 11.5 Å². The van der Waals surface area contributed by atoms with Crippen molar-refractivity contribution in [2.45, 2.75) is 13.0 Å². The van der Waals surface area contributed by atoms with Crippen molar-refractivity contribution in [1.29, 1.82) is 0 Å². The van der Waals surface area contributed by atoms with Gasteiger partial charge in [0, 0.05) is 6.07 Å². The van der Waals surface area contributed by atoms with Crippen LogP contribution in [0.15, 0.2) is 50.2 Å². The van der Waals surface area contributed by atoms with Crippen molar-refractivity contribution < 1.29 is 23.4 Å². The van der Waals surface area contributed by atoms with Gasteiger partial charge in [-0.15, -0.1) is 0 Å². The van der Waals surface area contributed by atoms with Crippen LogP contribution in [0.4, 0.5) is 0 Å². The summed E-state index contributed by atoms with van der Waals surface area (Å²) in [5.41, 5.74) is 0.652. The normalized spacial score (nSPS) is 12.5. The number of aliphatic hydroxyl groups is 1. The number of hydrogen-bond acceptors (Lipinski definition) is 6. The summed E-state index contributed by atoms with van der Waals surface area (Å²) < 4.78 is 21.8. The third kappa shape index (κ3) is 2.57. The van der Waals surface area contributed by atoms with Crippen LogP contribution in [-0.4, -0.2) is 24.9 Å². The molecule has 6 heteroatoms. The Labute approximate surface area is 131 Å². The zero-order valence-corrected chi connectivity index (χ0v) is 12.8. The molecule has 0 spiro atoms. The van der Waals surface area contributed by atoms with Crippen LogP contribution >= 0.6 is 0 Å². The maximum atomic E-state index is 11.6. The molecule has 1 N–H and O–H groups in total. The van der Waals surface area contributed by atoms with Gasteiger partial charge in [-0.25, -0.2) is 4.79 Å². The van der Waals surface area contributed by atoms with E-state index in [9.17, 15) is 9.90 Å². The molecular formula is C17H16O6. The molecule has 0 unspecified atom stereocenters. The Morgan fingerprint density at radius 2 is 2.00 bits per heavy atom. The number of furan rings is 1. The first-order valence-electron chi connectivity index (χ1n) is 7.00. The summed E-state index contributed by atoms with van der Waals surface area (Å²) in [7, 11) is 1.53. The second-order valence-electron chi connectivity index (χ2n) is 5.20. The molecule has 0 aliphatic carbocycles. The van der Waals surface area contributed by atoms with E-state index < -0.39 is 11.7 Å². The van der Waals surface area contributed by atoms with Gasteiger partial charge < -0.3 is 23.4 Å². The minimum atomic E-state index is -0.840. The van der Waals surface area contributed by atoms with Crippen molar-refractivity contribution in [2.75, 3.05) is 13.7 Å². The molecule has 0 saturated carbocycles. The summed E-state index contributed by atoms with van der Waals surface area (Å²) >= 11 is 0. The number of fused-ring (bicyclic) bond motifs is 2. The molecule has 0 fully saturated rings. The number of methoxy groups -OCH3 is 1. The summed E-state index contributed by atoms with van der Waals surface area (Å²) in [5.74, 6) is 0.777. The standard InChI is InChI=1S/C17H16O6/c1-9(2)12(18)8-22-17-15-11(6-7-21-15)14(20-3)10-4-5-13(19)23-16(10)17/h4-7,12,18H,1,8H2,2-3H3/t12-/m0/s1. The quantitative estimate of drug-likeness (QED) is 0.576. The van der Waals surface area contributed by atoms with Crippen molar-refractivity contribution in [1.82, 2.24) is 0 Å². The second kappa shape index (κ2) is 5.81. The third-order valence-electron chi connectivity index (χ3n) is 3.56. The van der Waals surface area contributed by atoms with Crippen LogP contribution in [-0.2, 0) is 0 Å². The van der Waals surface area contributed by atoms with Crippen LogP contribution in [0.5, 0.6) is 11.5 Å². The number of aliphatic hydroxyl groups excluding tert-OH is 1. The summed E-state index contributed by atoms with van der Waals surface area (Å²) in [4.78, 5) is 11.6. The average molecular weight is 316 g/mol. The molecule has 1 atom stereocenters. The molecule has 1 aromatic carbocycles. The van der Waals surface area contributed by atoms with Crippen LogP contribution < -0.4 is 15.1 Å². The molecule has 0 saturated heterocycles. The van der Waals surface area contributed by atoms with Gasteiger partial charge >= 0.3 is 5.63 Å². The maximum Gasteiger partial charge on any atom is 0.336 e. The van der Waals surface area contributed by atoms with E-state index in [1.54, 1.807) is 19.1 Å². The Hall–Kier alpha value is -2.73. The lowest BCUT2D eigenvalue weighted by Crippen LogP contribution is -2.18. The minimum Gasteiger partial charge on any atom is -0.495 e. The molecule has 0 aliphatic heterocycles. The zero-order valence-electron chi connectivity index (χ0n) is 12.8. The van der Waals surface area contributed by atoms with Gasteiger partial charge in [-0.05, 0) is 24.6 Å². The highest BCUT2D eigenvalue weighted by Gasteiger charge is 2.21. The van der Waals surface area contributed by atoms with Gasteiger partial charge in [-0.1, -0.05) is 6.58 Å². The van der Waals surface area contributed by atoms with Gasteiger partial charge in [0.1, 0.15) is 18.5 Å². The highest BCUT2D eigenvalue weighted by atomic mass is 16.5. The van der Waals surface area contributed by atoms with E-state index in [-0.39, 0.29) is 17.9 Å². The fourth-order valence-electron chi connectivity index (χ4n) is 2.33. The molecule has 0 radical (unpaired) electrons. The van der Waals surface area contributed by atoms with Gasteiger partial charge in [-0.2, -0.15) is 0 Å². The number of rotatable bonds is 5. The molecule has 0 amide bonds. The van der Waals surface area contributed by atoms with Crippen LogP contribution in [0.2, 0.25) is 0 Å². The molecule has 3 aromatic rings. The first-order chi connectivity index (χ1) is 11.0. The molecule has 3 rings (SSSR count). The molecule has 2 heterocycles. The number of hydrogen-bond donors (Lipinski definition) is 1. The molecule has 2 aromatic heterocycles. The average Bonchev–Trinajstić information content (AvgIpc) is 3.00. The highest BCUT2D eigenvalue weighted by Crippen LogP contribution is 2.42. The Kier molecular flexibility index (Phi) is 3.83. The third-order valence-corrected chi connectivity index (χ3v) is 3.56. The SMILES string of the molecule is C=C(C)[C@@H](O)COc1c2occc2c(OC)c2ccc(=O)oc12. The molecule has 120 valence electrons. The lowest BCUT2D eigenvalue weighted by molar-refractivity contribution is 0.136. The summed E-state index contributed by atoms with van der Waals surface area (Å²) in [6, 6.07) is 4.65. The Bertz CT molecular complexity index is 933. The number of ether oxygens (including phenoxy) is 2. The molecule has 0 aliphatic rings. The zero-order chi connectivity index (χ0) is 16.6. The van der Waals surface area contributed by atoms with E-state index in [0.717, 1.165) is 0 Å². The monoisotopic (exact) mass is 316 g/mol. The molecule has 6 nitrogen and oxygen atoms in total. The van der Waals surface area contributed by atoms with Crippen LogP contribution in [0.25, 0.3) is 21.9 Å². The van der Waals surface area contributed by atoms with Crippen LogP contribution in [0, 0.1) is 0 Å². The number of benzene rings is 1. The Morgan fingerprint density at radius 1 is 1.26 bits per heavy atom. The fraction of sp³-hybridized carbons (Fsp3) is 0.235. The lowest BCUT2D eigenvalue weighted by atomic mass is 10.1. The van der Waals surface area contributed by atoms with E-state index >= 15 is 0 Å². The minimum absolute atomic E-state index is 0.0365. The summed E-state index contributed by atoms with van der Waals surface area (Å²) in [6.07, 6.45) is 0.652. The second-order valence-corrected chi connectivity index (χ2v) is 5.20. The first-order valence-corrected chi connectivity index (χ1v) is 7.00. The van der Waals surface area contributed by atoms with Gasteiger partial charge in [0.25, 0.3) is 0 Å². The first kappa shape index (κ1) is 15.2. The predicted octanol–water partition coefficient (Wildman–Crippen LogP) is 2.86. The highest BCUT2D eigenvalue weighted by molar-refractivity contribution is 6.06. The lowest BCUT2D eigenvalue weighted by Gasteiger charge is -2.14. The van der Waals surface area contributed by atoms with Crippen molar-refractivity contribution in [3.63, 3.8) is 0 Å². The summed E-state index contributed by atoms with van der Waals surface area (Å²) in [5, 5.41) is 11.1. The largest absolute Gasteiger partial charge is 0.495 e. The maximum absolute atomic E-state index is 11.6. The van der Waals surface area contributed by atoms with Gasteiger partial charge in [0.05, 0.1) is 24.1 Å². The van der Waals surface area contributed by atoms with Gasteiger partial charge in [-0.3, -0.25) is 0 Å². The van der Waals surface area contributed by atoms with Gasteiger partial charge in [0.15, 0.2) is 11.2 Å². The Balaban J connectivity index is 2.24. The van der Waals surface area contributed by atoms with E-state index in [2.05, 4.69) is 6.58 Å². The van der Waals surface area contributed by atoms with E-state index in [4.69, 9.17) is 18.3 Å². The van der Waals surface area contributed by atoms with Crippen molar-refractivity contribution >= 4 is 21.9 Å². The van der Waals surface area contributed by atoms with Crippen LogP contribution in [0.1, 0.15) is 6.92 Å². The molecule has 23 heavy (non-hydrogen) atoms. The van der Waals surface area contributed by atoms with Crippen LogP contribution in [0.3, 0.4) is 0 Å². The fourth-order valence-corrected chi connectivity index (χ4v) is 2.33. The van der Waals surface area contributed by atoms with E-state index in [1.807, 2.05) is 0 Å². The van der Waals surface area contributed by atoms with E-state index in [0.29, 0.717) is 27.7 Å². The van der Waals surface area contributed by atoms with Crippen molar-refractivity contribution in [2.24, 2.45) is 0 Å². The van der Waals surface area contributed by atoms with E-state index in [1.165, 1.54) is 19.4 Å². The Morgan fingerprint density at radius 3 is 2.70 bits per heavy atom. The smallest absolute Gasteiger partial charge is 0.336 e. The van der Waals surface area contributed by atoms with Crippen molar-refractivity contribution in [3.05, 3.63) is 47.0 Å². The molecule has 0 bridgehead atoms. The predicted molar refractivity (Wildman–Crippen MR) is 85.1 cm³/mol. The molecular weight excluding hydrogens is 300 g/mol. The topological polar surface area (TPSA) is 82.0 Å². The van der Waals surface area contributed by atoms with Gasteiger partial charge in [0.2, 0.25) is 5.75 Å².